The first-order valence-electron chi connectivity index (χ1n) is 6.61. The van der Waals surface area contributed by atoms with Crippen LogP contribution in [-0.2, 0) is 0 Å². The third-order valence-corrected chi connectivity index (χ3v) is 3.63. The molecule has 1 fully saturated rings. The topological polar surface area (TPSA) is 73.2 Å². The molecule has 0 aromatic heterocycles. The Bertz CT molecular complexity index is 447. The molecule has 20 heavy (non-hydrogen) atoms. The molecule has 5 nitrogen and oxygen atoms in total. The van der Waals surface area contributed by atoms with E-state index in [-0.39, 0.29) is 6.61 Å². The molecule has 0 amide bonds. The first-order valence-corrected chi connectivity index (χ1v) is 6.99. The first kappa shape index (κ1) is 15.5. The number of rotatable bonds is 5. The molecule has 0 aliphatic carbocycles. The minimum atomic E-state index is -0.741. The zero-order chi connectivity index (χ0) is 14.7. The van der Waals surface area contributed by atoms with Crippen molar-refractivity contribution in [2.75, 3.05) is 26.2 Å². The lowest BCUT2D eigenvalue weighted by molar-refractivity contribution is 0.0572. The summed E-state index contributed by atoms with van der Waals surface area (Å²) in [5.41, 5.74) is 1.03. The van der Waals surface area contributed by atoms with Crippen LogP contribution in [0.4, 0.5) is 0 Å². The highest BCUT2D eigenvalue weighted by Gasteiger charge is 2.30. The third kappa shape index (κ3) is 4.07. The SMILES string of the molecule is Cc1ccc(Cl)c(OC[C@H](O)CN2C[C@H](O)[C@@H](O)C2)c1. The number of likely N-dealkylation sites (tertiary alicyclic amines) is 1. The van der Waals surface area contributed by atoms with E-state index >= 15 is 0 Å². The zero-order valence-electron chi connectivity index (χ0n) is 11.4. The van der Waals surface area contributed by atoms with Crippen molar-refractivity contribution in [3.05, 3.63) is 28.8 Å². The minimum Gasteiger partial charge on any atom is -0.489 e. The van der Waals surface area contributed by atoms with Crippen LogP contribution in [0.2, 0.25) is 5.02 Å². The van der Waals surface area contributed by atoms with Crippen molar-refractivity contribution < 1.29 is 20.1 Å². The Morgan fingerprint density at radius 3 is 2.65 bits per heavy atom. The fraction of sp³-hybridized carbons (Fsp3) is 0.571. The highest BCUT2D eigenvalue weighted by atomic mass is 35.5. The largest absolute Gasteiger partial charge is 0.489 e. The molecule has 1 aliphatic rings. The Hall–Kier alpha value is -0.850. The van der Waals surface area contributed by atoms with Crippen molar-refractivity contribution in [2.45, 2.75) is 25.2 Å². The van der Waals surface area contributed by atoms with Crippen molar-refractivity contribution in [3.63, 3.8) is 0 Å². The van der Waals surface area contributed by atoms with Gasteiger partial charge in [0.05, 0.1) is 17.2 Å². The maximum Gasteiger partial charge on any atom is 0.138 e. The van der Waals surface area contributed by atoms with Gasteiger partial charge in [0.1, 0.15) is 18.5 Å². The molecule has 2 rings (SSSR count). The summed E-state index contributed by atoms with van der Waals surface area (Å²) in [6.07, 6.45) is -2.19. The molecule has 3 N–H and O–H groups in total. The van der Waals surface area contributed by atoms with E-state index in [9.17, 15) is 15.3 Å². The molecule has 3 atom stereocenters. The smallest absolute Gasteiger partial charge is 0.138 e. The fourth-order valence-electron chi connectivity index (χ4n) is 2.25. The molecule has 0 bridgehead atoms. The van der Waals surface area contributed by atoms with Crippen molar-refractivity contribution in [3.8, 4) is 5.75 Å². The average Bonchev–Trinajstić information content (AvgIpc) is 2.69. The van der Waals surface area contributed by atoms with Crippen LogP contribution in [0.25, 0.3) is 0 Å². The van der Waals surface area contributed by atoms with Crippen LogP contribution >= 0.6 is 11.6 Å². The highest BCUT2D eigenvalue weighted by Crippen LogP contribution is 2.25. The molecule has 0 spiro atoms. The normalized spacial score (nSPS) is 24.9. The third-order valence-electron chi connectivity index (χ3n) is 3.32. The van der Waals surface area contributed by atoms with Crippen LogP contribution in [0.5, 0.6) is 5.75 Å². The average molecular weight is 302 g/mol. The predicted octanol–water partition coefficient (Wildman–Crippen LogP) is 0.426. The van der Waals surface area contributed by atoms with E-state index in [1.54, 1.807) is 11.0 Å². The summed E-state index contributed by atoms with van der Waals surface area (Å²) in [5, 5.41) is 29.3. The molecule has 0 unspecified atom stereocenters. The summed E-state index contributed by atoms with van der Waals surface area (Å²) < 4.78 is 5.51. The van der Waals surface area contributed by atoms with E-state index in [4.69, 9.17) is 16.3 Å². The van der Waals surface area contributed by atoms with E-state index in [1.807, 2.05) is 19.1 Å². The standard InChI is InChI=1S/C14H20ClNO4/c1-9-2-3-11(15)14(4-9)20-8-10(17)5-16-6-12(18)13(19)7-16/h2-4,10,12-13,17-19H,5-8H2,1H3/t10-,12+,13+/m1/s1. The van der Waals surface area contributed by atoms with Crippen LogP contribution in [-0.4, -0.2) is 64.8 Å². The highest BCUT2D eigenvalue weighted by molar-refractivity contribution is 6.32. The second-order valence-corrected chi connectivity index (χ2v) is 5.66. The number of aryl methyl sites for hydroxylation is 1. The van der Waals surface area contributed by atoms with Crippen LogP contribution in [0, 0.1) is 6.92 Å². The van der Waals surface area contributed by atoms with Crippen molar-refractivity contribution in [1.82, 2.24) is 4.90 Å². The molecule has 1 saturated heterocycles. The Kier molecular flexibility index (Phi) is 5.23. The van der Waals surface area contributed by atoms with Gasteiger partial charge in [-0.1, -0.05) is 17.7 Å². The molecule has 1 aliphatic heterocycles. The Morgan fingerprint density at radius 1 is 1.35 bits per heavy atom. The molecule has 1 heterocycles. The summed E-state index contributed by atoms with van der Waals surface area (Å²) in [6.45, 7) is 3.13. The van der Waals surface area contributed by atoms with Gasteiger partial charge in [0.2, 0.25) is 0 Å². The summed E-state index contributed by atoms with van der Waals surface area (Å²) in [5.74, 6) is 0.548. The first-order chi connectivity index (χ1) is 9.45. The molecule has 1 aromatic carbocycles. The number of nitrogens with zero attached hydrogens (tertiary/aromatic N) is 1. The number of ether oxygens (including phenoxy) is 1. The number of hydrogen-bond acceptors (Lipinski definition) is 5. The van der Waals surface area contributed by atoms with E-state index in [2.05, 4.69) is 0 Å². The summed E-state index contributed by atoms with van der Waals surface area (Å²) in [6, 6.07) is 5.46. The summed E-state index contributed by atoms with van der Waals surface area (Å²) in [4.78, 5) is 1.81. The van der Waals surface area contributed by atoms with Gasteiger partial charge in [-0.2, -0.15) is 0 Å². The van der Waals surface area contributed by atoms with Crippen LogP contribution in [0.1, 0.15) is 5.56 Å². The van der Waals surface area contributed by atoms with E-state index in [0.717, 1.165) is 5.56 Å². The molecule has 6 heteroatoms. The Balaban J connectivity index is 1.80. The van der Waals surface area contributed by atoms with Gasteiger partial charge in [-0.15, -0.1) is 0 Å². The molecular formula is C14H20ClNO4. The number of β-amino-alcohol motifs (C(OH)–C–C–N with tert-alkyl or cyclic N) is 3. The van der Waals surface area contributed by atoms with Gasteiger partial charge in [0.25, 0.3) is 0 Å². The number of benzene rings is 1. The molecule has 112 valence electrons. The molecule has 1 aromatic rings. The van der Waals surface area contributed by atoms with Crippen molar-refractivity contribution >= 4 is 11.6 Å². The Morgan fingerprint density at radius 2 is 2.00 bits per heavy atom. The zero-order valence-corrected chi connectivity index (χ0v) is 12.1. The molecule has 0 saturated carbocycles. The number of aliphatic hydroxyl groups is 3. The quantitative estimate of drug-likeness (QED) is 0.735. The second kappa shape index (κ2) is 6.74. The summed E-state index contributed by atoms with van der Waals surface area (Å²) >= 11 is 6.01. The lowest BCUT2D eigenvalue weighted by atomic mass is 10.2. The van der Waals surface area contributed by atoms with Gasteiger partial charge in [-0.25, -0.2) is 0 Å². The van der Waals surface area contributed by atoms with Gasteiger partial charge in [0, 0.05) is 19.6 Å². The van der Waals surface area contributed by atoms with Crippen LogP contribution in [0.3, 0.4) is 0 Å². The van der Waals surface area contributed by atoms with Crippen LogP contribution < -0.4 is 4.74 Å². The van der Waals surface area contributed by atoms with E-state index in [1.165, 1.54) is 0 Å². The number of hydrogen-bond donors (Lipinski definition) is 3. The number of aliphatic hydroxyl groups excluding tert-OH is 3. The van der Waals surface area contributed by atoms with Gasteiger partial charge < -0.3 is 20.1 Å². The summed E-state index contributed by atoms with van der Waals surface area (Å²) in [7, 11) is 0. The van der Waals surface area contributed by atoms with Gasteiger partial charge >= 0.3 is 0 Å². The predicted molar refractivity (Wildman–Crippen MR) is 76.1 cm³/mol. The Labute approximate surface area is 123 Å². The fourth-order valence-corrected chi connectivity index (χ4v) is 2.43. The lowest BCUT2D eigenvalue weighted by Gasteiger charge is -2.20. The number of halogens is 1. The lowest BCUT2D eigenvalue weighted by Crippen LogP contribution is -2.35. The van der Waals surface area contributed by atoms with Gasteiger partial charge in [-0.05, 0) is 24.6 Å². The van der Waals surface area contributed by atoms with Gasteiger partial charge in [0.15, 0.2) is 0 Å². The molecule has 0 radical (unpaired) electrons. The van der Waals surface area contributed by atoms with Crippen molar-refractivity contribution in [2.24, 2.45) is 0 Å². The maximum atomic E-state index is 9.93. The van der Waals surface area contributed by atoms with Gasteiger partial charge in [-0.3, -0.25) is 4.90 Å². The van der Waals surface area contributed by atoms with E-state index < -0.39 is 18.3 Å². The molecular weight excluding hydrogens is 282 g/mol. The van der Waals surface area contributed by atoms with Crippen molar-refractivity contribution in [1.29, 1.82) is 0 Å². The van der Waals surface area contributed by atoms with Crippen LogP contribution in [0.15, 0.2) is 18.2 Å². The minimum absolute atomic E-state index is 0.117. The second-order valence-electron chi connectivity index (χ2n) is 5.25. The van der Waals surface area contributed by atoms with E-state index in [0.29, 0.717) is 30.4 Å². The monoisotopic (exact) mass is 301 g/mol. The maximum absolute atomic E-state index is 9.93.